The van der Waals surface area contributed by atoms with Gasteiger partial charge < -0.3 is 19.5 Å². The maximum absolute atomic E-state index is 5.97. The average Bonchev–Trinajstić information content (AvgIpc) is 3.15. The molecule has 2 aromatic carbocycles. The van der Waals surface area contributed by atoms with Crippen LogP contribution in [0.5, 0.6) is 11.5 Å². The first-order valence-corrected chi connectivity index (χ1v) is 9.89. The number of ether oxygens (including phenoxy) is 3. The Balaban J connectivity index is 1.61. The van der Waals surface area contributed by atoms with Gasteiger partial charge in [0.25, 0.3) is 0 Å². The number of methoxy groups -OCH3 is 1. The van der Waals surface area contributed by atoms with Gasteiger partial charge in [0.1, 0.15) is 6.61 Å². The Morgan fingerprint density at radius 1 is 1.23 bits per heavy atom. The fraction of sp³-hybridized carbons (Fsp3) is 0.400. The highest BCUT2D eigenvalue weighted by Gasteiger charge is 2.15. The summed E-state index contributed by atoms with van der Waals surface area (Å²) in [5.41, 5.74) is 2.18. The van der Waals surface area contributed by atoms with E-state index in [1.807, 2.05) is 30.3 Å². The van der Waals surface area contributed by atoms with E-state index in [0.717, 1.165) is 48.1 Å². The minimum absolute atomic E-state index is 0.335. The third-order valence-electron chi connectivity index (χ3n) is 4.31. The van der Waals surface area contributed by atoms with Crippen LogP contribution in [-0.4, -0.2) is 26.4 Å². The minimum atomic E-state index is 0.335. The van der Waals surface area contributed by atoms with Gasteiger partial charge in [-0.2, -0.15) is 0 Å². The summed E-state index contributed by atoms with van der Waals surface area (Å²) in [5.74, 6) is 1.41. The summed E-state index contributed by atoms with van der Waals surface area (Å²) in [6, 6.07) is 11.7. The Morgan fingerprint density at radius 3 is 2.73 bits per heavy atom. The van der Waals surface area contributed by atoms with Gasteiger partial charge in [0.05, 0.1) is 17.7 Å². The van der Waals surface area contributed by atoms with Crippen molar-refractivity contribution in [3.8, 4) is 11.5 Å². The lowest BCUT2D eigenvalue weighted by Crippen LogP contribution is -2.25. The first kappa shape index (κ1) is 19.5. The van der Waals surface area contributed by atoms with E-state index in [1.165, 1.54) is 0 Å². The first-order valence-electron chi connectivity index (χ1n) is 8.71. The second-order valence-corrected chi connectivity index (χ2v) is 7.58. The van der Waals surface area contributed by atoms with Crippen molar-refractivity contribution in [3.05, 3.63) is 57.0 Å². The van der Waals surface area contributed by atoms with Crippen LogP contribution in [0.25, 0.3) is 0 Å². The Labute approximate surface area is 167 Å². The predicted molar refractivity (Wildman–Crippen MR) is 107 cm³/mol. The summed E-state index contributed by atoms with van der Waals surface area (Å²) in [7, 11) is 1.65. The van der Waals surface area contributed by atoms with E-state index < -0.39 is 0 Å². The molecule has 1 N–H and O–H groups in total. The summed E-state index contributed by atoms with van der Waals surface area (Å²) < 4.78 is 18.0. The summed E-state index contributed by atoms with van der Waals surface area (Å²) >= 11 is 9.52. The van der Waals surface area contributed by atoms with Crippen molar-refractivity contribution in [3.63, 3.8) is 0 Å². The number of hydrogen-bond acceptors (Lipinski definition) is 4. The molecule has 0 amide bonds. The molecule has 1 fully saturated rings. The molecule has 3 rings (SSSR count). The van der Waals surface area contributed by atoms with E-state index in [-0.39, 0.29) is 0 Å². The van der Waals surface area contributed by atoms with Crippen molar-refractivity contribution in [2.75, 3.05) is 20.3 Å². The Morgan fingerprint density at radius 2 is 2.04 bits per heavy atom. The minimum Gasteiger partial charge on any atom is -0.493 e. The van der Waals surface area contributed by atoms with Gasteiger partial charge in [0.15, 0.2) is 11.5 Å². The Bertz CT molecular complexity index is 718. The standard InChI is InChI=1S/C20H23BrClNO3/c1-24-19-10-15(11-23-12-17-3-2-8-25-17)9-18(21)20(19)26-13-14-4-6-16(22)7-5-14/h4-7,9-10,17,23H,2-3,8,11-13H2,1H3/t17-/m1/s1. The summed E-state index contributed by atoms with van der Waals surface area (Å²) in [6.07, 6.45) is 2.63. The molecule has 0 saturated carbocycles. The molecule has 1 aliphatic rings. The molecule has 2 aromatic rings. The number of halogens is 2. The molecule has 140 valence electrons. The SMILES string of the molecule is COc1cc(CNC[C@H]2CCCO2)cc(Br)c1OCc1ccc(Cl)cc1. The fourth-order valence-electron chi connectivity index (χ4n) is 2.93. The lowest BCUT2D eigenvalue weighted by Gasteiger charge is -2.16. The molecule has 1 atom stereocenters. The van der Waals surface area contributed by atoms with Crippen molar-refractivity contribution >= 4 is 27.5 Å². The number of hydrogen-bond donors (Lipinski definition) is 1. The van der Waals surface area contributed by atoms with Crippen LogP contribution in [0.3, 0.4) is 0 Å². The highest BCUT2D eigenvalue weighted by Crippen LogP contribution is 2.37. The Hall–Kier alpha value is -1.27. The fourth-order valence-corrected chi connectivity index (χ4v) is 3.66. The van der Waals surface area contributed by atoms with E-state index in [9.17, 15) is 0 Å². The van der Waals surface area contributed by atoms with Crippen molar-refractivity contribution in [1.29, 1.82) is 0 Å². The number of rotatable bonds is 8. The van der Waals surface area contributed by atoms with Gasteiger partial charge in [-0.05, 0) is 64.2 Å². The quantitative estimate of drug-likeness (QED) is 0.630. The lowest BCUT2D eigenvalue weighted by molar-refractivity contribution is 0.110. The van der Waals surface area contributed by atoms with Crippen LogP contribution in [0.15, 0.2) is 40.9 Å². The highest BCUT2D eigenvalue weighted by molar-refractivity contribution is 9.10. The second kappa shape index (κ2) is 9.60. The van der Waals surface area contributed by atoms with Crippen LogP contribution in [0.1, 0.15) is 24.0 Å². The van der Waals surface area contributed by atoms with E-state index in [0.29, 0.717) is 29.2 Å². The summed E-state index contributed by atoms with van der Waals surface area (Å²) in [6.45, 7) is 2.95. The van der Waals surface area contributed by atoms with Gasteiger partial charge in [-0.1, -0.05) is 23.7 Å². The Kier molecular flexibility index (Phi) is 7.20. The second-order valence-electron chi connectivity index (χ2n) is 6.29. The van der Waals surface area contributed by atoms with Crippen LogP contribution in [0.2, 0.25) is 5.02 Å². The molecule has 26 heavy (non-hydrogen) atoms. The van der Waals surface area contributed by atoms with E-state index >= 15 is 0 Å². The van der Waals surface area contributed by atoms with Crippen molar-refractivity contribution < 1.29 is 14.2 Å². The molecule has 0 radical (unpaired) electrons. The van der Waals surface area contributed by atoms with Crippen molar-refractivity contribution in [2.24, 2.45) is 0 Å². The van der Waals surface area contributed by atoms with Crippen LogP contribution < -0.4 is 14.8 Å². The van der Waals surface area contributed by atoms with Gasteiger partial charge in [0.2, 0.25) is 0 Å². The van der Waals surface area contributed by atoms with E-state index in [1.54, 1.807) is 7.11 Å². The van der Waals surface area contributed by atoms with Gasteiger partial charge in [-0.15, -0.1) is 0 Å². The molecule has 0 unspecified atom stereocenters. The molecule has 0 aliphatic carbocycles. The molecular weight excluding hydrogens is 418 g/mol. The molecule has 4 nitrogen and oxygen atoms in total. The maximum atomic E-state index is 5.97. The molecule has 1 aliphatic heterocycles. The zero-order valence-electron chi connectivity index (χ0n) is 14.8. The monoisotopic (exact) mass is 439 g/mol. The van der Waals surface area contributed by atoms with Crippen LogP contribution >= 0.6 is 27.5 Å². The van der Waals surface area contributed by atoms with Crippen molar-refractivity contribution in [1.82, 2.24) is 5.32 Å². The average molecular weight is 441 g/mol. The molecule has 0 aromatic heterocycles. The van der Waals surface area contributed by atoms with E-state index in [2.05, 4.69) is 27.3 Å². The highest BCUT2D eigenvalue weighted by atomic mass is 79.9. The third kappa shape index (κ3) is 5.36. The lowest BCUT2D eigenvalue weighted by atomic mass is 10.2. The molecule has 0 bridgehead atoms. The van der Waals surface area contributed by atoms with Gasteiger partial charge in [0, 0.05) is 24.7 Å². The first-order chi connectivity index (χ1) is 12.7. The zero-order chi connectivity index (χ0) is 18.4. The number of benzene rings is 2. The number of nitrogens with one attached hydrogen (secondary N) is 1. The van der Waals surface area contributed by atoms with Crippen LogP contribution in [-0.2, 0) is 17.9 Å². The van der Waals surface area contributed by atoms with E-state index in [4.69, 9.17) is 25.8 Å². The molecule has 0 spiro atoms. The van der Waals surface area contributed by atoms with Crippen LogP contribution in [0, 0.1) is 0 Å². The molecule has 6 heteroatoms. The zero-order valence-corrected chi connectivity index (χ0v) is 17.1. The van der Waals surface area contributed by atoms with Gasteiger partial charge >= 0.3 is 0 Å². The molecular formula is C20H23BrClNO3. The topological polar surface area (TPSA) is 39.7 Å². The van der Waals surface area contributed by atoms with Gasteiger partial charge in [-0.3, -0.25) is 0 Å². The largest absolute Gasteiger partial charge is 0.493 e. The normalized spacial score (nSPS) is 16.7. The maximum Gasteiger partial charge on any atom is 0.175 e. The smallest absolute Gasteiger partial charge is 0.175 e. The molecule has 1 heterocycles. The third-order valence-corrected chi connectivity index (χ3v) is 5.15. The summed E-state index contributed by atoms with van der Waals surface area (Å²) in [4.78, 5) is 0. The van der Waals surface area contributed by atoms with Crippen LogP contribution in [0.4, 0.5) is 0 Å². The van der Waals surface area contributed by atoms with Gasteiger partial charge in [-0.25, -0.2) is 0 Å². The van der Waals surface area contributed by atoms with Crippen molar-refractivity contribution in [2.45, 2.75) is 32.1 Å². The molecule has 1 saturated heterocycles. The predicted octanol–water partition coefficient (Wildman–Crippen LogP) is 4.96. The summed E-state index contributed by atoms with van der Waals surface area (Å²) in [5, 5.41) is 4.17.